The minimum atomic E-state index is 0.0603. The summed E-state index contributed by atoms with van der Waals surface area (Å²) in [4.78, 5) is 14.8. The van der Waals surface area contributed by atoms with Crippen molar-refractivity contribution < 1.29 is 18.7 Å². The van der Waals surface area contributed by atoms with Crippen molar-refractivity contribution >= 4 is 5.91 Å². The van der Waals surface area contributed by atoms with Crippen molar-refractivity contribution in [3.05, 3.63) is 83.8 Å². The average molecular weight is 379 g/mol. The van der Waals surface area contributed by atoms with E-state index in [1.165, 1.54) is 0 Å². The summed E-state index contributed by atoms with van der Waals surface area (Å²) in [6.07, 6.45) is 2.57. The second-order valence-electron chi connectivity index (χ2n) is 6.49. The van der Waals surface area contributed by atoms with E-state index in [0.717, 1.165) is 28.4 Å². The van der Waals surface area contributed by atoms with Gasteiger partial charge in [0, 0.05) is 13.0 Å². The van der Waals surface area contributed by atoms with Crippen LogP contribution in [0.25, 0.3) is 0 Å². The van der Waals surface area contributed by atoms with Gasteiger partial charge in [0.1, 0.15) is 17.3 Å². The van der Waals surface area contributed by atoms with E-state index in [2.05, 4.69) is 0 Å². The summed E-state index contributed by atoms with van der Waals surface area (Å²) < 4.78 is 16.2. The van der Waals surface area contributed by atoms with Gasteiger partial charge in [0.25, 0.3) is 0 Å². The normalized spacial score (nSPS) is 10.5. The van der Waals surface area contributed by atoms with E-state index in [0.29, 0.717) is 25.9 Å². The highest BCUT2D eigenvalue weighted by Gasteiger charge is 2.17. The van der Waals surface area contributed by atoms with Crippen LogP contribution in [0.1, 0.15) is 23.3 Å². The molecule has 1 amide bonds. The Hall–Kier alpha value is -3.21. The van der Waals surface area contributed by atoms with Crippen molar-refractivity contribution in [2.45, 2.75) is 25.9 Å². The second kappa shape index (κ2) is 9.65. The van der Waals surface area contributed by atoms with Crippen LogP contribution in [-0.2, 0) is 24.3 Å². The highest BCUT2D eigenvalue weighted by Crippen LogP contribution is 2.25. The number of aryl methyl sites for hydroxylation is 1. The van der Waals surface area contributed by atoms with Crippen LogP contribution in [0, 0.1) is 0 Å². The van der Waals surface area contributed by atoms with E-state index in [1.54, 1.807) is 20.5 Å². The summed E-state index contributed by atoms with van der Waals surface area (Å²) in [5.74, 6) is 2.34. The number of hydrogen-bond donors (Lipinski definition) is 0. The van der Waals surface area contributed by atoms with Gasteiger partial charge in [-0.25, -0.2) is 0 Å². The first-order valence-corrected chi connectivity index (χ1v) is 9.24. The molecule has 0 saturated heterocycles. The first-order valence-electron chi connectivity index (χ1n) is 9.24. The molecule has 0 saturated carbocycles. The standard InChI is InChI=1S/C23H25NO4/c1-26-20-11-12-22(27-2)19(15-20)10-13-23(25)24(17-21-9-6-14-28-21)16-18-7-4-3-5-8-18/h3-9,11-12,14-15H,10,13,16-17H2,1-2H3. The first kappa shape index (κ1) is 19.5. The zero-order chi connectivity index (χ0) is 19.8. The van der Waals surface area contributed by atoms with Gasteiger partial charge in [-0.2, -0.15) is 0 Å². The largest absolute Gasteiger partial charge is 0.497 e. The molecule has 1 heterocycles. The van der Waals surface area contributed by atoms with E-state index in [9.17, 15) is 4.79 Å². The number of furan rings is 1. The number of benzene rings is 2. The van der Waals surface area contributed by atoms with Crippen molar-refractivity contribution in [3.8, 4) is 11.5 Å². The summed E-state index contributed by atoms with van der Waals surface area (Å²) >= 11 is 0. The zero-order valence-corrected chi connectivity index (χ0v) is 16.3. The average Bonchev–Trinajstić information content (AvgIpc) is 3.25. The van der Waals surface area contributed by atoms with Crippen LogP contribution in [0.2, 0.25) is 0 Å². The molecule has 5 nitrogen and oxygen atoms in total. The molecule has 0 spiro atoms. The molecule has 5 heteroatoms. The fourth-order valence-electron chi connectivity index (χ4n) is 3.10. The van der Waals surface area contributed by atoms with Crippen LogP contribution in [0.3, 0.4) is 0 Å². The fraction of sp³-hybridized carbons (Fsp3) is 0.261. The van der Waals surface area contributed by atoms with Crippen molar-refractivity contribution in [3.63, 3.8) is 0 Å². The number of ether oxygens (including phenoxy) is 2. The van der Waals surface area contributed by atoms with Gasteiger partial charge in [-0.05, 0) is 47.9 Å². The number of nitrogens with zero attached hydrogens (tertiary/aromatic N) is 1. The lowest BCUT2D eigenvalue weighted by Gasteiger charge is -2.22. The summed E-state index contributed by atoms with van der Waals surface area (Å²) in [6, 6.07) is 19.3. The van der Waals surface area contributed by atoms with Gasteiger partial charge in [0.2, 0.25) is 5.91 Å². The molecule has 0 N–H and O–H groups in total. The molecule has 0 fully saturated rings. The molecule has 1 aromatic heterocycles. The Labute approximate surface area is 165 Å². The van der Waals surface area contributed by atoms with E-state index in [1.807, 2.05) is 65.6 Å². The maximum atomic E-state index is 13.0. The maximum absolute atomic E-state index is 13.0. The van der Waals surface area contributed by atoms with Gasteiger partial charge in [-0.1, -0.05) is 30.3 Å². The van der Waals surface area contributed by atoms with Crippen molar-refractivity contribution in [2.75, 3.05) is 14.2 Å². The van der Waals surface area contributed by atoms with Crippen molar-refractivity contribution in [1.82, 2.24) is 4.90 Å². The van der Waals surface area contributed by atoms with E-state index in [-0.39, 0.29) is 5.91 Å². The summed E-state index contributed by atoms with van der Waals surface area (Å²) in [5, 5.41) is 0. The van der Waals surface area contributed by atoms with Crippen molar-refractivity contribution in [2.24, 2.45) is 0 Å². The number of carbonyl (C=O) groups is 1. The minimum Gasteiger partial charge on any atom is -0.497 e. The van der Waals surface area contributed by atoms with Crippen LogP contribution in [-0.4, -0.2) is 25.0 Å². The molecular weight excluding hydrogens is 354 g/mol. The lowest BCUT2D eigenvalue weighted by molar-refractivity contribution is -0.132. The Balaban J connectivity index is 1.72. The van der Waals surface area contributed by atoms with Crippen LogP contribution < -0.4 is 9.47 Å². The van der Waals surface area contributed by atoms with E-state index in [4.69, 9.17) is 13.9 Å². The molecule has 146 valence electrons. The van der Waals surface area contributed by atoms with Gasteiger partial charge in [-0.15, -0.1) is 0 Å². The molecule has 0 unspecified atom stereocenters. The number of methoxy groups -OCH3 is 2. The Kier molecular flexibility index (Phi) is 6.73. The predicted molar refractivity (Wildman–Crippen MR) is 107 cm³/mol. The van der Waals surface area contributed by atoms with E-state index >= 15 is 0 Å². The Bertz CT molecular complexity index is 875. The van der Waals surface area contributed by atoms with Crippen LogP contribution in [0.5, 0.6) is 11.5 Å². The lowest BCUT2D eigenvalue weighted by Crippen LogP contribution is -2.30. The van der Waals surface area contributed by atoms with Gasteiger partial charge < -0.3 is 18.8 Å². The molecule has 3 rings (SSSR count). The monoisotopic (exact) mass is 379 g/mol. The number of rotatable bonds is 9. The third kappa shape index (κ3) is 5.16. The van der Waals surface area contributed by atoms with Crippen LogP contribution in [0.4, 0.5) is 0 Å². The van der Waals surface area contributed by atoms with Crippen LogP contribution in [0.15, 0.2) is 71.3 Å². The molecule has 0 aliphatic rings. The van der Waals surface area contributed by atoms with Gasteiger partial charge in [0.15, 0.2) is 0 Å². The van der Waals surface area contributed by atoms with Gasteiger partial charge in [0.05, 0.1) is 27.0 Å². The Morgan fingerprint density at radius 1 is 0.964 bits per heavy atom. The number of hydrogen-bond acceptors (Lipinski definition) is 4. The topological polar surface area (TPSA) is 51.9 Å². The molecule has 0 bridgehead atoms. The Morgan fingerprint density at radius 2 is 1.79 bits per heavy atom. The van der Waals surface area contributed by atoms with Gasteiger partial charge >= 0.3 is 0 Å². The molecule has 28 heavy (non-hydrogen) atoms. The molecule has 0 aliphatic carbocycles. The Morgan fingerprint density at radius 3 is 2.46 bits per heavy atom. The molecule has 0 radical (unpaired) electrons. The predicted octanol–water partition coefficient (Wildman–Crippen LogP) is 4.46. The molecular formula is C23H25NO4. The summed E-state index contributed by atoms with van der Waals surface area (Å²) in [7, 11) is 3.26. The molecule has 3 aromatic rings. The summed E-state index contributed by atoms with van der Waals surface area (Å²) in [6.45, 7) is 0.978. The smallest absolute Gasteiger partial charge is 0.223 e. The van der Waals surface area contributed by atoms with Crippen molar-refractivity contribution in [1.29, 1.82) is 0 Å². The third-order valence-corrected chi connectivity index (χ3v) is 4.59. The summed E-state index contributed by atoms with van der Waals surface area (Å²) in [5.41, 5.74) is 2.04. The SMILES string of the molecule is COc1ccc(OC)c(CCC(=O)N(Cc2ccccc2)Cc2ccco2)c1. The number of amides is 1. The fourth-order valence-corrected chi connectivity index (χ4v) is 3.10. The van der Waals surface area contributed by atoms with E-state index < -0.39 is 0 Å². The third-order valence-electron chi connectivity index (χ3n) is 4.59. The second-order valence-corrected chi connectivity index (χ2v) is 6.49. The highest BCUT2D eigenvalue weighted by atomic mass is 16.5. The molecule has 0 aliphatic heterocycles. The minimum absolute atomic E-state index is 0.0603. The van der Waals surface area contributed by atoms with Crippen LogP contribution >= 0.6 is 0 Å². The zero-order valence-electron chi connectivity index (χ0n) is 16.3. The lowest BCUT2D eigenvalue weighted by atomic mass is 10.1. The highest BCUT2D eigenvalue weighted by molar-refractivity contribution is 5.76. The first-order chi connectivity index (χ1) is 13.7. The molecule has 2 aromatic carbocycles. The van der Waals surface area contributed by atoms with Gasteiger partial charge in [-0.3, -0.25) is 4.79 Å². The maximum Gasteiger partial charge on any atom is 0.223 e. The quantitative estimate of drug-likeness (QED) is 0.551. The molecule has 0 atom stereocenters. The number of carbonyl (C=O) groups excluding carboxylic acids is 1.